The normalized spacial score (nSPS) is 10.4. The molecule has 0 aromatic heterocycles. The molecular weight excluding hydrogens is 219 g/mol. The van der Waals surface area contributed by atoms with Crippen LogP contribution in [-0.2, 0) is 4.65 Å². The van der Waals surface area contributed by atoms with Crippen molar-refractivity contribution in [3.8, 4) is 0 Å². The number of hydrogen-bond donors (Lipinski definition) is 0. The molecule has 0 saturated heterocycles. The third-order valence-corrected chi connectivity index (χ3v) is 3.09. The monoisotopic (exact) mass is 238 g/mol. The molecule has 0 atom stereocenters. The average Bonchev–Trinajstić information content (AvgIpc) is 2.39. The van der Waals surface area contributed by atoms with Crippen LogP contribution in [0.25, 0.3) is 0 Å². The highest BCUT2D eigenvalue weighted by Crippen LogP contribution is 2.00. The van der Waals surface area contributed by atoms with Crippen LogP contribution in [0.1, 0.15) is 18.1 Å². The highest BCUT2D eigenvalue weighted by molar-refractivity contribution is 6.80. The minimum absolute atomic E-state index is 0.0381. The molecule has 2 aromatic carbocycles. The van der Waals surface area contributed by atoms with Crippen LogP contribution in [0.5, 0.6) is 0 Å². The van der Waals surface area contributed by atoms with E-state index in [0.717, 1.165) is 0 Å². The molecule has 2 heteroatoms. The Kier molecular flexibility index (Phi) is 4.21. The largest absolute Gasteiger partial charge is 0.427 e. The van der Waals surface area contributed by atoms with Gasteiger partial charge in [0.1, 0.15) is 0 Å². The van der Waals surface area contributed by atoms with E-state index < -0.39 is 0 Å². The van der Waals surface area contributed by atoms with Gasteiger partial charge < -0.3 is 4.65 Å². The molecule has 18 heavy (non-hydrogen) atoms. The lowest BCUT2D eigenvalue weighted by atomic mass is 9.55. The first-order chi connectivity index (χ1) is 8.70. The summed E-state index contributed by atoms with van der Waals surface area (Å²) in [5.74, 6) is 0. The Morgan fingerprint density at radius 3 is 1.50 bits per heavy atom. The third-order valence-electron chi connectivity index (χ3n) is 3.09. The topological polar surface area (TPSA) is 9.23 Å². The van der Waals surface area contributed by atoms with E-state index in [1.165, 1.54) is 22.1 Å². The fourth-order valence-corrected chi connectivity index (χ4v) is 2.03. The van der Waals surface area contributed by atoms with Crippen LogP contribution in [-0.4, -0.2) is 13.5 Å². The van der Waals surface area contributed by atoms with Crippen molar-refractivity contribution >= 4 is 17.8 Å². The molecular formula is C16H19BO. The quantitative estimate of drug-likeness (QED) is 0.743. The fraction of sp³-hybridized carbons (Fsp3) is 0.250. The molecule has 0 aliphatic carbocycles. The van der Waals surface area contributed by atoms with Crippen molar-refractivity contribution in [1.29, 1.82) is 0 Å². The number of hydrogen-bond acceptors (Lipinski definition) is 1. The van der Waals surface area contributed by atoms with Crippen molar-refractivity contribution in [2.24, 2.45) is 0 Å². The molecule has 0 N–H and O–H groups in total. The van der Waals surface area contributed by atoms with Gasteiger partial charge in [-0.25, -0.2) is 0 Å². The second-order valence-electron chi connectivity index (χ2n) is 4.66. The Morgan fingerprint density at radius 1 is 0.778 bits per heavy atom. The van der Waals surface area contributed by atoms with Gasteiger partial charge in [0, 0.05) is 6.61 Å². The fourth-order valence-electron chi connectivity index (χ4n) is 2.03. The van der Waals surface area contributed by atoms with Gasteiger partial charge >= 0.3 is 6.92 Å². The van der Waals surface area contributed by atoms with Gasteiger partial charge in [0.2, 0.25) is 0 Å². The lowest BCUT2D eigenvalue weighted by molar-refractivity contribution is 0.358. The van der Waals surface area contributed by atoms with Crippen molar-refractivity contribution in [3.05, 3.63) is 59.7 Å². The van der Waals surface area contributed by atoms with Crippen LogP contribution >= 0.6 is 0 Å². The van der Waals surface area contributed by atoms with E-state index in [1.807, 2.05) is 6.92 Å². The second kappa shape index (κ2) is 5.88. The minimum atomic E-state index is 0.0381. The van der Waals surface area contributed by atoms with Gasteiger partial charge in [-0.2, -0.15) is 0 Å². The van der Waals surface area contributed by atoms with E-state index in [-0.39, 0.29) is 6.92 Å². The van der Waals surface area contributed by atoms with Crippen LogP contribution in [0, 0.1) is 13.8 Å². The lowest BCUT2D eigenvalue weighted by Gasteiger charge is -2.14. The zero-order valence-electron chi connectivity index (χ0n) is 11.3. The molecule has 2 aromatic rings. The first-order valence-corrected chi connectivity index (χ1v) is 6.45. The molecule has 0 saturated carbocycles. The Labute approximate surface area is 110 Å². The van der Waals surface area contributed by atoms with Crippen molar-refractivity contribution in [1.82, 2.24) is 0 Å². The molecule has 0 unspecified atom stereocenters. The van der Waals surface area contributed by atoms with Crippen molar-refractivity contribution in [2.45, 2.75) is 20.8 Å². The maximum Gasteiger partial charge on any atom is 0.361 e. The molecule has 0 amide bonds. The van der Waals surface area contributed by atoms with E-state index in [9.17, 15) is 0 Å². The van der Waals surface area contributed by atoms with Crippen LogP contribution in [0.4, 0.5) is 0 Å². The van der Waals surface area contributed by atoms with Crippen molar-refractivity contribution in [2.75, 3.05) is 6.61 Å². The number of aryl methyl sites for hydroxylation is 2. The van der Waals surface area contributed by atoms with Gasteiger partial charge in [0.25, 0.3) is 0 Å². The summed E-state index contributed by atoms with van der Waals surface area (Å²) in [7, 11) is 0. The van der Waals surface area contributed by atoms with Gasteiger partial charge in [-0.05, 0) is 31.7 Å². The Bertz CT molecular complexity index is 442. The zero-order valence-corrected chi connectivity index (χ0v) is 11.3. The van der Waals surface area contributed by atoms with E-state index in [1.54, 1.807) is 0 Å². The van der Waals surface area contributed by atoms with Gasteiger partial charge in [0.05, 0.1) is 0 Å². The van der Waals surface area contributed by atoms with Crippen molar-refractivity contribution < 1.29 is 4.65 Å². The summed E-state index contributed by atoms with van der Waals surface area (Å²) < 4.78 is 5.89. The Morgan fingerprint density at radius 2 is 1.17 bits per heavy atom. The summed E-state index contributed by atoms with van der Waals surface area (Å²) in [5, 5.41) is 0. The smallest absolute Gasteiger partial charge is 0.361 e. The van der Waals surface area contributed by atoms with E-state index in [0.29, 0.717) is 6.61 Å². The van der Waals surface area contributed by atoms with Crippen LogP contribution in [0.15, 0.2) is 48.5 Å². The predicted octanol–water partition coefficient (Wildman–Crippen LogP) is 2.45. The van der Waals surface area contributed by atoms with Crippen LogP contribution in [0.3, 0.4) is 0 Å². The van der Waals surface area contributed by atoms with E-state index in [2.05, 4.69) is 62.4 Å². The minimum Gasteiger partial charge on any atom is -0.427 e. The Hall–Kier alpha value is -1.54. The zero-order chi connectivity index (χ0) is 13.0. The first-order valence-electron chi connectivity index (χ1n) is 6.45. The third kappa shape index (κ3) is 3.02. The summed E-state index contributed by atoms with van der Waals surface area (Å²) in [6.45, 7) is 6.99. The van der Waals surface area contributed by atoms with Crippen LogP contribution in [0.2, 0.25) is 0 Å². The molecule has 0 spiro atoms. The summed E-state index contributed by atoms with van der Waals surface area (Å²) in [5.41, 5.74) is 4.98. The standard InChI is InChI=1S/C16H19BO/c1-4-18-17(15-9-5-13(2)6-10-15)16-11-7-14(3)8-12-16/h5-12H,4H2,1-3H3. The molecule has 0 bridgehead atoms. The van der Waals surface area contributed by atoms with Crippen LogP contribution < -0.4 is 10.9 Å². The van der Waals surface area contributed by atoms with Gasteiger partial charge in [-0.1, -0.05) is 59.7 Å². The molecule has 0 heterocycles. The Balaban J connectivity index is 2.33. The SMILES string of the molecule is CCOB(c1ccc(C)cc1)c1ccc(C)cc1. The molecule has 2 rings (SSSR count). The van der Waals surface area contributed by atoms with Gasteiger partial charge in [-0.15, -0.1) is 0 Å². The summed E-state index contributed by atoms with van der Waals surface area (Å²) in [4.78, 5) is 0. The van der Waals surface area contributed by atoms with E-state index in [4.69, 9.17) is 4.65 Å². The molecule has 0 fully saturated rings. The highest BCUT2D eigenvalue weighted by Gasteiger charge is 2.20. The summed E-state index contributed by atoms with van der Waals surface area (Å²) in [6.07, 6.45) is 0. The average molecular weight is 238 g/mol. The summed E-state index contributed by atoms with van der Waals surface area (Å²) >= 11 is 0. The van der Waals surface area contributed by atoms with Crippen molar-refractivity contribution in [3.63, 3.8) is 0 Å². The molecule has 92 valence electrons. The number of benzene rings is 2. The lowest BCUT2D eigenvalue weighted by Crippen LogP contribution is -2.44. The van der Waals surface area contributed by atoms with Gasteiger partial charge in [0.15, 0.2) is 0 Å². The molecule has 0 aliphatic rings. The van der Waals surface area contributed by atoms with Gasteiger partial charge in [-0.3, -0.25) is 0 Å². The molecule has 0 aliphatic heterocycles. The molecule has 1 nitrogen and oxygen atoms in total. The second-order valence-corrected chi connectivity index (χ2v) is 4.66. The predicted molar refractivity (Wildman–Crippen MR) is 79.0 cm³/mol. The summed E-state index contributed by atoms with van der Waals surface area (Å²) in [6, 6.07) is 17.1. The number of rotatable bonds is 4. The first kappa shape index (κ1) is 12.9. The molecule has 0 radical (unpaired) electrons. The maximum absolute atomic E-state index is 5.89. The van der Waals surface area contributed by atoms with E-state index >= 15 is 0 Å². The maximum atomic E-state index is 5.89. The highest BCUT2D eigenvalue weighted by atomic mass is 16.4.